The van der Waals surface area contributed by atoms with E-state index in [-0.39, 0.29) is 59.4 Å². The number of ether oxygens (including phenoxy) is 2. The van der Waals surface area contributed by atoms with Gasteiger partial charge in [-0.3, -0.25) is 10.6 Å². The number of guanidine groups is 2. The molecule has 0 aromatic heterocycles. The largest absolute Gasteiger partial charge is 0.444 e. The van der Waals surface area contributed by atoms with E-state index in [1.54, 1.807) is 67.5 Å². The van der Waals surface area contributed by atoms with Gasteiger partial charge in [-0.25, -0.2) is 53.8 Å². The second-order valence-electron chi connectivity index (χ2n) is 17.9. The van der Waals surface area contributed by atoms with Crippen molar-refractivity contribution >= 4 is 49.8 Å². The molecule has 320 valence electrons. The fourth-order valence-electron chi connectivity index (χ4n) is 6.50. The zero-order chi connectivity index (χ0) is 43.2. The number of sulfonamides is 2. The van der Waals surface area contributed by atoms with Crippen molar-refractivity contribution in [3.05, 3.63) is 64.7 Å². The minimum absolute atomic E-state index is 0.0515. The van der Waals surface area contributed by atoms with Crippen molar-refractivity contribution in [3.8, 4) is 0 Å². The number of aliphatic imine (C=N–C) groups is 2. The minimum atomic E-state index is -3.88. The van der Waals surface area contributed by atoms with Crippen LogP contribution in [0.5, 0.6) is 0 Å². The Hall–Kier alpha value is -4.52. The number of nitrogens with two attached hydrogens (primary N) is 1. The zero-order valence-corrected chi connectivity index (χ0v) is 36.1. The molecule has 19 heteroatoms. The van der Waals surface area contributed by atoms with E-state index in [0.29, 0.717) is 0 Å². The van der Waals surface area contributed by atoms with Crippen molar-refractivity contribution in [1.82, 2.24) is 19.2 Å². The van der Waals surface area contributed by atoms with E-state index >= 15 is 0 Å². The molecule has 0 unspecified atom stereocenters. The summed E-state index contributed by atoms with van der Waals surface area (Å²) in [6.45, 7) is 15.5. The van der Waals surface area contributed by atoms with Gasteiger partial charge in [0.1, 0.15) is 33.9 Å². The fourth-order valence-corrected chi connectivity index (χ4v) is 10.2. The van der Waals surface area contributed by atoms with Crippen LogP contribution in [0.1, 0.15) is 97.8 Å². The van der Waals surface area contributed by atoms with Crippen molar-refractivity contribution in [2.45, 2.75) is 110 Å². The van der Waals surface area contributed by atoms with Gasteiger partial charge in [-0.1, -0.05) is 17.7 Å². The molecule has 2 aromatic rings. The molecule has 2 atom stereocenters. The number of carbonyl (C=O) groups excluding carboxylic acids is 2. The highest BCUT2D eigenvalue weighted by Crippen LogP contribution is 2.39. The summed E-state index contributed by atoms with van der Waals surface area (Å²) in [7, 11) is -7.71. The Labute approximate surface area is 339 Å². The number of benzene rings is 2. The third kappa shape index (κ3) is 11.4. The summed E-state index contributed by atoms with van der Waals surface area (Å²) in [6.07, 6.45) is 2.04. The molecule has 2 aliphatic carbocycles. The third-order valence-electron chi connectivity index (χ3n) is 9.52. The standard InChI is InChI=1S/C20H28FN3O4S.C19H27FN4O4S/c1-13-6-9-16(21)15(10-13)20(5)12-29(26,27)24(11-14-7-8-14)17(23-20)22-18(25)28-19(2,3)4;1-18(2,3)28-17(25)22-16-23-19(4,14-9-13(21)7-8-15(14)20)11-29(26,27)24(16)10-12-5-6-12/h6,9-10,14H,7-8,11-12H2,1-5H3,(H,22,23,25);7-9,12H,5-6,10-11,21H2,1-4H3,(H,22,23,25)/t20-;19-/m00/s1. The number of nitrogens with zero attached hydrogens (tertiary/aromatic N) is 4. The Kier molecular flexibility index (Phi) is 12.2. The van der Waals surface area contributed by atoms with Gasteiger partial charge in [0.25, 0.3) is 0 Å². The van der Waals surface area contributed by atoms with Crippen LogP contribution in [0.2, 0.25) is 0 Å². The number of hydrogen-bond donors (Lipinski definition) is 3. The van der Waals surface area contributed by atoms with Gasteiger partial charge < -0.3 is 15.2 Å². The van der Waals surface area contributed by atoms with Crippen molar-refractivity contribution in [3.63, 3.8) is 0 Å². The molecule has 2 aromatic carbocycles. The number of nitrogen functional groups attached to an aromatic ring is 1. The molecule has 15 nitrogen and oxygen atoms in total. The Bertz CT molecular complexity index is 2060. The van der Waals surface area contributed by atoms with Gasteiger partial charge in [-0.05, 0) is 124 Å². The number of halogens is 2. The summed E-state index contributed by atoms with van der Waals surface area (Å²) in [6, 6.07) is 8.45. The quantitative estimate of drug-likeness (QED) is 0.298. The number of nitrogens with one attached hydrogen (secondary N) is 2. The van der Waals surface area contributed by atoms with Crippen molar-refractivity contribution in [2.75, 3.05) is 30.3 Å². The van der Waals surface area contributed by atoms with Gasteiger partial charge in [-0.15, -0.1) is 0 Å². The highest BCUT2D eigenvalue weighted by molar-refractivity contribution is 7.90. The average molecular weight is 852 g/mol. The first-order chi connectivity index (χ1) is 26.6. The number of amides is 2. The van der Waals surface area contributed by atoms with Crippen molar-refractivity contribution in [1.29, 1.82) is 0 Å². The van der Waals surface area contributed by atoms with E-state index in [2.05, 4.69) is 20.6 Å². The first-order valence-corrected chi connectivity index (χ1v) is 22.3. The lowest BCUT2D eigenvalue weighted by Gasteiger charge is -2.38. The van der Waals surface area contributed by atoms with Gasteiger partial charge in [0.05, 0.1) is 11.5 Å². The van der Waals surface area contributed by atoms with Gasteiger partial charge in [0.2, 0.25) is 32.0 Å². The summed E-state index contributed by atoms with van der Waals surface area (Å²) < 4.78 is 94.4. The van der Waals surface area contributed by atoms with Crippen LogP contribution in [0.25, 0.3) is 0 Å². The molecule has 2 saturated carbocycles. The molecular weight excluding hydrogens is 797 g/mol. The van der Waals surface area contributed by atoms with Crippen LogP contribution in [-0.2, 0) is 40.6 Å². The molecule has 58 heavy (non-hydrogen) atoms. The molecule has 2 aliphatic heterocycles. The fraction of sp³-hybridized carbons (Fsp3) is 0.590. The second kappa shape index (κ2) is 15.9. The van der Waals surface area contributed by atoms with Gasteiger partial charge in [-0.2, -0.15) is 0 Å². The second-order valence-corrected chi connectivity index (χ2v) is 21.6. The summed E-state index contributed by atoms with van der Waals surface area (Å²) in [5.74, 6) is -1.82. The van der Waals surface area contributed by atoms with Crippen LogP contribution in [0, 0.1) is 30.4 Å². The molecule has 2 amide bonds. The molecule has 0 bridgehead atoms. The number of anilines is 1. The van der Waals surface area contributed by atoms with Crippen LogP contribution >= 0.6 is 0 Å². The van der Waals surface area contributed by atoms with Gasteiger partial charge in [0, 0.05) is 29.9 Å². The maximum Gasteiger partial charge on any atom is 0.414 e. The molecule has 2 fully saturated rings. The predicted octanol–water partition coefficient (Wildman–Crippen LogP) is 5.84. The number of aryl methyl sites for hydroxylation is 1. The maximum atomic E-state index is 14.6. The number of carbonyl (C=O) groups is 2. The molecule has 0 spiro atoms. The smallest absolute Gasteiger partial charge is 0.414 e. The van der Waals surface area contributed by atoms with Crippen LogP contribution < -0.4 is 16.4 Å². The average Bonchev–Trinajstić information content (AvgIpc) is 3.97. The third-order valence-corrected chi connectivity index (χ3v) is 13.4. The van der Waals surface area contributed by atoms with Crippen LogP contribution in [0.4, 0.5) is 24.1 Å². The summed E-state index contributed by atoms with van der Waals surface area (Å²) >= 11 is 0. The molecule has 6 rings (SSSR count). The van der Waals surface area contributed by atoms with E-state index in [0.717, 1.165) is 39.9 Å². The Morgan fingerprint density at radius 2 is 1.12 bits per heavy atom. The molecule has 0 radical (unpaired) electrons. The van der Waals surface area contributed by atoms with E-state index in [9.17, 15) is 35.2 Å². The molecule has 4 N–H and O–H groups in total. The molecule has 4 aliphatic rings. The normalized spacial score (nSPS) is 24.1. The highest BCUT2D eigenvalue weighted by atomic mass is 32.2. The van der Waals surface area contributed by atoms with Crippen LogP contribution in [0.3, 0.4) is 0 Å². The van der Waals surface area contributed by atoms with Gasteiger partial charge in [0.15, 0.2) is 0 Å². The highest BCUT2D eigenvalue weighted by Gasteiger charge is 2.47. The van der Waals surface area contributed by atoms with Crippen molar-refractivity contribution < 1.29 is 44.7 Å². The Balaban J connectivity index is 0.000000221. The monoisotopic (exact) mass is 851 g/mol. The molecule has 2 heterocycles. The number of hydrogen-bond acceptors (Lipinski definition) is 11. The van der Waals surface area contributed by atoms with E-state index in [1.165, 1.54) is 31.2 Å². The topological polar surface area (TPSA) is 202 Å². The molecule has 0 saturated heterocycles. The number of rotatable bonds is 6. The van der Waals surface area contributed by atoms with Gasteiger partial charge >= 0.3 is 12.2 Å². The lowest BCUT2D eigenvalue weighted by Crippen LogP contribution is -2.56. The van der Waals surface area contributed by atoms with Crippen LogP contribution in [0.15, 0.2) is 46.4 Å². The summed E-state index contributed by atoms with van der Waals surface area (Å²) in [4.78, 5) is 33.7. The number of alkyl carbamates (subject to hydrolysis) is 2. The van der Waals surface area contributed by atoms with Crippen molar-refractivity contribution in [2.24, 2.45) is 21.8 Å². The lowest BCUT2D eigenvalue weighted by molar-refractivity contribution is 0.0546. The Morgan fingerprint density at radius 1 is 0.741 bits per heavy atom. The van der Waals surface area contributed by atoms with Crippen LogP contribution in [-0.4, -0.2) is 85.3 Å². The first kappa shape index (κ1) is 44.6. The van der Waals surface area contributed by atoms with E-state index in [4.69, 9.17) is 15.2 Å². The van der Waals surface area contributed by atoms with E-state index < -0.39 is 71.9 Å². The summed E-state index contributed by atoms with van der Waals surface area (Å²) in [5, 5.41) is 4.94. The maximum absolute atomic E-state index is 14.6. The minimum Gasteiger partial charge on any atom is -0.444 e. The SMILES string of the molecule is CC(C)(C)OC(=O)NC1=N[C@](C)(c2cc(N)ccc2F)CS(=O)(=O)N1CC1CC1.Cc1ccc(F)c([C@]2(C)CS(=O)(=O)N(CC3CC3)C(NC(=O)OC(C)(C)C)=N2)c1. The lowest BCUT2D eigenvalue weighted by atomic mass is 9.93. The first-order valence-electron chi connectivity index (χ1n) is 19.1. The van der Waals surface area contributed by atoms with E-state index in [1.807, 2.05) is 0 Å². The predicted molar refractivity (Wildman–Crippen MR) is 217 cm³/mol. The molecular formula is C39H55F2N7O8S2. The summed E-state index contributed by atoms with van der Waals surface area (Å²) in [5.41, 5.74) is 2.72. The zero-order valence-electron chi connectivity index (χ0n) is 34.5. The Morgan fingerprint density at radius 3 is 1.50 bits per heavy atom.